The monoisotopic (exact) mass is 462 g/mol. The molecular formula is C24H22N4O6. The maximum atomic E-state index is 12.3. The highest BCUT2D eigenvalue weighted by molar-refractivity contribution is 5.98. The second-order valence-electron chi connectivity index (χ2n) is 6.77. The Balaban J connectivity index is 1.58. The van der Waals surface area contributed by atoms with Gasteiger partial charge < -0.3 is 19.7 Å². The van der Waals surface area contributed by atoms with E-state index in [4.69, 9.17) is 9.47 Å². The summed E-state index contributed by atoms with van der Waals surface area (Å²) >= 11 is 0. The van der Waals surface area contributed by atoms with E-state index in [1.165, 1.54) is 50.9 Å². The maximum absolute atomic E-state index is 12.3. The van der Waals surface area contributed by atoms with Crippen molar-refractivity contribution < 1.29 is 29.3 Å². The van der Waals surface area contributed by atoms with Gasteiger partial charge in [0.25, 0.3) is 11.8 Å². The summed E-state index contributed by atoms with van der Waals surface area (Å²) in [6, 6.07) is 15.6. The topological polar surface area (TPSA) is 142 Å². The van der Waals surface area contributed by atoms with Crippen LogP contribution in [0.2, 0.25) is 0 Å². The number of hydrogen-bond donors (Lipinski definition) is 4. The van der Waals surface area contributed by atoms with E-state index >= 15 is 0 Å². The second kappa shape index (κ2) is 11.1. The fourth-order valence-electron chi connectivity index (χ4n) is 2.84. The van der Waals surface area contributed by atoms with Crippen molar-refractivity contribution in [2.45, 2.75) is 0 Å². The highest BCUT2D eigenvalue weighted by Gasteiger charge is 2.09. The molecule has 3 aromatic rings. The van der Waals surface area contributed by atoms with Gasteiger partial charge >= 0.3 is 0 Å². The van der Waals surface area contributed by atoms with Crippen LogP contribution in [-0.2, 0) is 0 Å². The first-order valence-corrected chi connectivity index (χ1v) is 9.93. The lowest BCUT2D eigenvalue weighted by molar-refractivity contribution is 0.0943. The van der Waals surface area contributed by atoms with E-state index in [0.29, 0.717) is 11.1 Å². The molecule has 0 aliphatic heterocycles. The van der Waals surface area contributed by atoms with Crippen molar-refractivity contribution in [3.63, 3.8) is 0 Å². The SMILES string of the molecule is COc1cccc(/C=N/NC(=O)c2ccc(C(=O)N/N=C/c3cccc(OC)c3O)cc2)c1O. The van der Waals surface area contributed by atoms with E-state index in [1.807, 2.05) is 0 Å². The molecule has 0 saturated carbocycles. The molecule has 0 atom stereocenters. The van der Waals surface area contributed by atoms with Crippen LogP contribution in [0.4, 0.5) is 0 Å². The lowest BCUT2D eigenvalue weighted by Crippen LogP contribution is -2.19. The van der Waals surface area contributed by atoms with Crippen LogP contribution in [0.15, 0.2) is 70.9 Å². The number of ether oxygens (including phenoxy) is 2. The van der Waals surface area contributed by atoms with Crippen LogP contribution in [0.1, 0.15) is 31.8 Å². The number of phenolic OH excluding ortho intramolecular Hbond substituents is 2. The van der Waals surface area contributed by atoms with E-state index in [-0.39, 0.29) is 34.1 Å². The number of rotatable bonds is 8. The van der Waals surface area contributed by atoms with Gasteiger partial charge in [-0.3, -0.25) is 9.59 Å². The quantitative estimate of drug-likeness (QED) is 0.300. The van der Waals surface area contributed by atoms with Gasteiger partial charge in [-0.05, 0) is 48.5 Å². The fourth-order valence-corrected chi connectivity index (χ4v) is 2.84. The summed E-state index contributed by atoms with van der Waals surface area (Å²) in [6.45, 7) is 0. The molecule has 0 aliphatic carbocycles. The number of hydrogen-bond acceptors (Lipinski definition) is 8. The van der Waals surface area contributed by atoms with E-state index in [9.17, 15) is 19.8 Å². The first-order valence-electron chi connectivity index (χ1n) is 9.93. The van der Waals surface area contributed by atoms with Gasteiger partial charge in [0.05, 0.1) is 26.6 Å². The lowest BCUT2D eigenvalue weighted by atomic mass is 10.1. The number of amides is 2. The zero-order valence-corrected chi connectivity index (χ0v) is 18.4. The maximum Gasteiger partial charge on any atom is 0.271 e. The Labute approximate surface area is 195 Å². The molecule has 174 valence electrons. The molecule has 0 radical (unpaired) electrons. The van der Waals surface area contributed by atoms with Crippen LogP contribution in [0.25, 0.3) is 0 Å². The average Bonchev–Trinajstić information content (AvgIpc) is 2.86. The fraction of sp³-hybridized carbons (Fsp3) is 0.0833. The molecule has 0 aromatic heterocycles. The molecule has 0 heterocycles. The minimum absolute atomic E-state index is 0.0948. The van der Waals surface area contributed by atoms with E-state index in [0.717, 1.165) is 0 Å². The van der Waals surface area contributed by atoms with Crippen LogP contribution >= 0.6 is 0 Å². The third-order valence-electron chi connectivity index (χ3n) is 4.65. The summed E-state index contributed by atoms with van der Waals surface area (Å²) < 4.78 is 10.0. The average molecular weight is 462 g/mol. The van der Waals surface area contributed by atoms with Crippen molar-refractivity contribution in [1.82, 2.24) is 10.9 Å². The van der Waals surface area contributed by atoms with Gasteiger partial charge in [-0.25, -0.2) is 10.9 Å². The lowest BCUT2D eigenvalue weighted by Gasteiger charge is -2.05. The Morgan fingerprint density at radius 3 is 1.44 bits per heavy atom. The van der Waals surface area contributed by atoms with Crippen LogP contribution < -0.4 is 20.3 Å². The van der Waals surface area contributed by atoms with Crippen molar-refractivity contribution in [1.29, 1.82) is 0 Å². The summed E-state index contributed by atoms with van der Waals surface area (Å²) in [6.07, 6.45) is 2.57. The number of nitrogens with one attached hydrogen (secondary N) is 2. The second-order valence-corrected chi connectivity index (χ2v) is 6.77. The van der Waals surface area contributed by atoms with E-state index in [1.54, 1.807) is 36.4 Å². The molecule has 0 unspecified atom stereocenters. The van der Waals surface area contributed by atoms with Crippen molar-refractivity contribution in [3.05, 3.63) is 82.9 Å². The Hall–Kier alpha value is -4.86. The highest BCUT2D eigenvalue weighted by atomic mass is 16.5. The predicted molar refractivity (Wildman–Crippen MR) is 126 cm³/mol. The minimum atomic E-state index is -0.503. The number of phenols is 2. The predicted octanol–water partition coefficient (Wildman–Crippen LogP) is 2.64. The zero-order valence-electron chi connectivity index (χ0n) is 18.4. The third-order valence-corrected chi connectivity index (χ3v) is 4.65. The molecule has 0 bridgehead atoms. The normalized spacial score (nSPS) is 10.9. The van der Waals surface area contributed by atoms with Gasteiger partial charge in [0.1, 0.15) is 0 Å². The number of carbonyl (C=O) groups excluding carboxylic acids is 2. The van der Waals surface area contributed by atoms with Crippen LogP contribution in [0, 0.1) is 0 Å². The smallest absolute Gasteiger partial charge is 0.271 e. The molecule has 0 saturated heterocycles. The van der Waals surface area contributed by atoms with Gasteiger partial charge in [0.2, 0.25) is 0 Å². The summed E-state index contributed by atoms with van der Waals surface area (Å²) in [7, 11) is 2.86. The van der Waals surface area contributed by atoms with Crippen molar-refractivity contribution >= 4 is 24.2 Å². The number of nitrogens with zero attached hydrogens (tertiary/aromatic N) is 2. The number of methoxy groups -OCH3 is 2. The standard InChI is InChI=1S/C24H22N4O6/c1-33-19-7-3-5-17(21(19)29)13-25-27-23(31)15-9-11-16(12-10-15)24(32)28-26-14-18-6-4-8-20(34-2)22(18)30/h3-14,29-30H,1-2H3,(H,27,31)(H,28,32)/b25-13+,26-14+. The van der Waals surface area contributed by atoms with Crippen LogP contribution in [0.3, 0.4) is 0 Å². The van der Waals surface area contributed by atoms with Crippen molar-refractivity contribution in [2.24, 2.45) is 10.2 Å². The first kappa shape index (κ1) is 23.8. The van der Waals surface area contributed by atoms with Crippen LogP contribution in [0.5, 0.6) is 23.0 Å². The van der Waals surface area contributed by atoms with Crippen molar-refractivity contribution in [3.8, 4) is 23.0 Å². The number of aromatic hydroxyl groups is 2. The molecule has 10 heteroatoms. The molecule has 34 heavy (non-hydrogen) atoms. The number of carbonyl (C=O) groups is 2. The number of benzene rings is 3. The minimum Gasteiger partial charge on any atom is -0.504 e. The molecule has 0 aliphatic rings. The molecular weight excluding hydrogens is 440 g/mol. The molecule has 3 aromatic carbocycles. The largest absolute Gasteiger partial charge is 0.504 e. The molecule has 10 nitrogen and oxygen atoms in total. The highest BCUT2D eigenvalue weighted by Crippen LogP contribution is 2.28. The number of hydrazone groups is 2. The summed E-state index contributed by atoms with van der Waals surface area (Å²) in [4.78, 5) is 24.5. The molecule has 4 N–H and O–H groups in total. The van der Waals surface area contributed by atoms with Crippen LogP contribution in [-0.4, -0.2) is 48.7 Å². The third kappa shape index (κ3) is 5.68. The van der Waals surface area contributed by atoms with Gasteiger partial charge in [-0.1, -0.05) is 12.1 Å². The zero-order chi connectivity index (χ0) is 24.5. The Kier molecular flexibility index (Phi) is 7.79. The summed E-state index contributed by atoms with van der Waals surface area (Å²) in [5, 5.41) is 27.7. The van der Waals surface area contributed by atoms with Gasteiger partial charge in [-0.2, -0.15) is 10.2 Å². The number of para-hydroxylation sites is 2. The molecule has 0 fully saturated rings. The Morgan fingerprint density at radius 1 is 0.706 bits per heavy atom. The van der Waals surface area contributed by atoms with E-state index in [2.05, 4.69) is 21.1 Å². The summed E-state index contributed by atoms with van der Waals surface area (Å²) in [5.41, 5.74) is 5.98. The summed E-state index contributed by atoms with van der Waals surface area (Å²) in [5.74, 6) is -0.623. The Morgan fingerprint density at radius 2 is 1.09 bits per heavy atom. The van der Waals surface area contributed by atoms with Gasteiger partial charge in [0, 0.05) is 22.3 Å². The van der Waals surface area contributed by atoms with Crippen molar-refractivity contribution in [2.75, 3.05) is 14.2 Å². The van der Waals surface area contributed by atoms with E-state index < -0.39 is 11.8 Å². The molecule has 2 amide bonds. The molecule has 0 spiro atoms. The first-order chi connectivity index (χ1) is 16.4. The van der Waals surface area contributed by atoms with Gasteiger partial charge in [0.15, 0.2) is 23.0 Å². The molecule has 3 rings (SSSR count). The Bertz CT molecular complexity index is 1140. The van der Waals surface area contributed by atoms with Gasteiger partial charge in [-0.15, -0.1) is 0 Å².